The normalized spacial score (nSPS) is 11.7. The summed E-state index contributed by atoms with van der Waals surface area (Å²) in [6.45, 7) is 0. The van der Waals surface area contributed by atoms with Crippen molar-refractivity contribution in [2.45, 2.75) is 0 Å². The lowest BCUT2D eigenvalue weighted by molar-refractivity contribution is 1.45. The van der Waals surface area contributed by atoms with E-state index in [9.17, 15) is 0 Å². The molecule has 2 N–H and O–H groups in total. The van der Waals surface area contributed by atoms with Crippen molar-refractivity contribution in [3.8, 4) is 11.1 Å². The van der Waals surface area contributed by atoms with Crippen LogP contribution in [0.25, 0.3) is 16.8 Å². The summed E-state index contributed by atoms with van der Waals surface area (Å²) in [4.78, 5) is 4.53. The zero-order valence-electron chi connectivity index (χ0n) is 12.8. The highest BCUT2D eigenvalue weighted by Crippen LogP contribution is 2.24. The molecule has 0 amide bonds. The molecular weight excluding hydrogens is 280 g/mol. The highest BCUT2D eigenvalue weighted by Gasteiger charge is 2.02. The van der Waals surface area contributed by atoms with E-state index >= 15 is 0 Å². The topological polar surface area (TPSA) is 38.4 Å². The predicted molar refractivity (Wildman–Crippen MR) is 98.1 cm³/mol. The van der Waals surface area contributed by atoms with Crippen molar-refractivity contribution in [3.63, 3.8) is 0 Å². The SMILES string of the molecule is N/C=C(\N=C\c1ccccc1)c1cccc(-c2ccccc2)c1. The van der Waals surface area contributed by atoms with Crippen LogP contribution in [-0.2, 0) is 0 Å². The number of benzene rings is 3. The zero-order valence-corrected chi connectivity index (χ0v) is 12.8. The van der Waals surface area contributed by atoms with Crippen LogP contribution in [0.5, 0.6) is 0 Å². The molecule has 0 saturated carbocycles. The van der Waals surface area contributed by atoms with Gasteiger partial charge in [0, 0.05) is 18.0 Å². The maximum atomic E-state index is 5.78. The van der Waals surface area contributed by atoms with Crippen molar-refractivity contribution in [1.29, 1.82) is 0 Å². The Kier molecular flexibility index (Phi) is 4.65. The van der Waals surface area contributed by atoms with Crippen molar-refractivity contribution in [1.82, 2.24) is 0 Å². The van der Waals surface area contributed by atoms with E-state index in [0.717, 1.165) is 22.4 Å². The molecule has 0 radical (unpaired) electrons. The van der Waals surface area contributed by atoms with Crippen LogP contribution in [0, 0.1) is 0 Å². The summed E-state index contributed by atoms with van der Waals surface area (Å²) >= 11 is 0. The molecule has 0 aliphatic rings. The van der Waals surface area contributed by atoms with Gasteiger partial charge in [-0.3, -0.25) is 4.99 Å². The third-order valence-electron chi connectivity index (χ3n) is 3.58. The first kappa shape index (κ1) is 14.8. The molecule has 0 saturated heterocycles. The van der Waals surface area contributed by atoms with Gasteiger partial charge in [0.2, 0.25) is 0 Å². The van der Waals surface area contributed by atoms with Gasteiger partial charge in [-0.05, 0) is 22.8 Å². The number of rotatable bonds is 4. The maximum Gasteiger partial charge on any atom is 0.0856 e. The second-order valence-corrected chi connectivity index (χ2v) is 5.17. The first-order valence-corrected chi connectivity index (χ1v) is 7.54. The molecule has 112 valence electrons. The minimum Gasteiger partial charge on any atom is -0.403 e. The highest BCUT2D eigenvalue weighted by atomic mass is 14.8. The van der Waals surface area contributed by atoms with Crippen LogP contribution in [0.1, 0.15) is 11.1 Å². The van der Waals surface area contributed by atoms with Crippen LogP contribution in [0.2, 0.25) is 0 Å². The number of nitrogens with zero attached hydrogens (tertiary/aromatic N) is 1. The molecule has 2 nitrogen and oxygen atoms in total. The van der Waals surface area contributed by atoms with Gasteiger partial charge in [0.25, 0.3) is 0 Å². The van der Waals surface area contributed by atoms with E-state index in [2.05, 4.69) is 29.3 Å². The van der Waals surface area contributed by atoms with Crippen LogP contribution < -0.4 is 5.73 Å². The molecule has 0 atom stereocenters. The van der Waals surface area contributed by atoms with Crippen molar-refractivity contribution >= 4 is 11.9 Å². The van der Waals surface area contributed by atoms with Gasteiger partial charge < -0.3 is 5.73 Å². The van der Waals surface area contributed by atoms with Crippen LogP contribution in [0.4, 0.5) is 0 Å². The molecule has 0 aliphatic carbocycles. The molecule has 0 bridgehead atoms. The molecule has 3 rings (SSSR count). The van der Waals surface area contributed by atoms with Crippen molar-refractivity contribution in [2.24, 2.45) is 10.7 Å². The molecule has 3 aromatic rings. The van der Waals surface area contributed by atoms with E-state index in [1.54, 1.807) is 6.20 Å². The third kappa shape index (κ3) is 3.74. The average molecular weight is 298 g/mol. The Morgan fingerprint density at radius 3 is 2.09 bits per heavy atom. The fraction of sp³-hybridized carbons (Fsp3) is 0. The lowest BCUT2D eigenvalue weighted by atomic mass is 10.0. The van der Waals surface area contributed by atoms with Gasteiger partial charge in [0.05, 0.1) is 5.70 Å². The fourth-order valence-corrected chi connectivity index (χ4v) is 2.39. The summed E-state index contributed by atoms with van der Waals surface area (Å²) in [7, 11) is 0. The Labute approximate surface area is 136 Å². The van der Waals surface area contributed by atoms with Crippen molar-refractivity contribution in [3.05, 3.63) is 102 Å². The van der Waals surface area contributed by atoms with Gasteiger partial charge in [-0.1, -0.05) is 78.9 Å². The van der Waals surface area contributed by atoms with E-state index in [-0.39, 0.29) is 0 Å². The maximum absolute atomic E-state index is 5.78. The van der Waals surface area contributed by atoms with Gasteiger partial charge in [0.15, 0.2) is 0 Å². The number of aliphatic imine (C=N–C) groups is 1. The van der Waals surface area contributed by atoms with Crippen molar-refractivity contribution in [2.75, 3.05) is 0 Å². The summed E-state index contributed by atoms with van der Waals surface area (Å²) in [5.41, 5.74) is 10.9. The summed E-state index contributed by atoms with van der Waals surface area (Å²) < 4.78 is 0. The smallest absolute Gasteiger partial charge is 0.0856 e. The van der Waals surface area contributed by atoms with Gasteiger partial charge in [-0.15, -0.1) is 0 Å². The first-order chi connectivity index (χ1) is 11.4. The molecule has 0 fully saturated rings. The minimum absolute atomic E-state index is 0.756. The lowest BCUT2D eigenvalue weighted by Gasteiger charge is -2.06. The number of hydrogen-bond acceptors (Lipinski definition) is 2. The molecule has 0 heterocycles. The Bertz CT molecular complexity index is 819. The predicted octanol–water partition coefficient (Wildman–Crippen LogP) is 4.73. The van der Waals surface area contributed by atoms with E-state index in [4.69, 9.17) is 5.73 Å². The monoisotopic (exact) mass is 298 g/mol. The van der Waals surface area contributed by atoms with Crippen LogP contribution in [0.15, 0.2) is 96.1 Å². The van der Waals surface area contributed by atoms with Gasteiger partial charge in [-0.2, -0.15) is 0 Å². The Morgan fingerprint density at radius 2 is 1.39 bits per heavy atom. The van der Waals surface area contributed by atoms with E-state index < -0.39 is 0 Å². The average Bonchev–Trinajstić information content (AvgIpc) is 2.64. The summed E-state index contributed by atoms with van der Waals surface area (Å²) in [6, 6.07) is 28.5. The summed E-state index contributed by atoms with van der Waals surface area (Å²) in [5.74, 6) is 0. The minimum atomic E-state index is 0.756. The van der Waals surface area contributed by atoms with Gasteiger partial charge >= 0.3 is 0 Å². The largest absolute Gasteiger partial charge is 0.403 e. The van der Waals surface area contributed by atoms with E-state index in [1.165, 1.54) is 5.56 Å². The first-order valence-electron chi connectivity index (χ1n) is 7.54. The molecule has 23 heavy (non-hydrogen) atoms. The Morgan fingerprint density at radius 1 is 0.739 bits per heavy atom. The second-order valence-electron chi connectivity index (χ2n) is 5.17. The highest BCUT2D eigenvalue weighted by molar-refractivity contribution is 5.85. The lowest BCUT2D eigenvalue weighted by Crippen LogP contribution is -1.90. The van der Waals surface area contributed by atoms with Crippen LogP contribution in [0.3, 0.4) is 0 Å². The number of hydrogen-bond donors (Lipinski definition) is 1. The van der Waals surface area contributed by atoms with Gasteiger partial charge in [-0.25, -0.2) is 0 Å². The standard InChI is InChI=1S/C21H18N2/c22-15-21(23-16-17-8-3-1-4-9-17)20-13-7-12-19(14-20)18-10-5-2-6-11-18/h1-16H,22H2/b21-15-,23-16+. The Balaban J connectivity index is 1.89. The quantitative estimate of drug-likeness (QED) is 0.695. The summed E-state index contributed by atoms with van der Waals surface area (Å²) in [5, 5.41) is 0. The molecular formula is C21H18N2. The molecule has 0 spiro atoms. The third-order valence-corrected chi connectivity index (χ3v) is 3.58. The Hall–Kier alpha value is -3.13. The summed E-state index contributed by atoms with van der Waals surface area (Å²) in [6.07, 6.45) is 3.37. The fourth-order valence-electron chi connectivity index (χ4n) is 2.39. The molecule has 2 heteroatoms. The second kappa shape index (κ2) is 7.23. The molecule has 0 aromatic heterocycles. The van der Waals surface area contributed by atoms with Crippen LogP contribution >= 0.6 is 0 Å². The molecule has 3 aromatic carbocycles. The zero-order chi connectivity index (χ0) is 15.9. The van der Waals surface area contributed by atoms with Crippen LogP contribution in [-0.4, -0.2) is 6.21 Å². The molecule has 0 aliphatic heterocycles. The number of nitrogens with two attached hydrogens (primary N) is 1. The van der Waals surface area contributed by atoms with E-state index in [1.807, 2.05) is 66.9 Å². The van der Waals surface area contributed by atoms with E-state index in [0.29, 0.717) is 0 Å². The van der Waals surface area contributed by atoms with Crippen molar-refractivity contribution < 1.29 is 0 Å². The van der Waals surface area contributed by atoms with Gasteiger partial charge in [0.1, 0.15) is 0 Å². The molecule has 0 unspecified atom stereocenters.